The van der Waals surface area contributed by atoms with Crippen LogP contribution < -0.4 is 10.2 Å². The van der Waals surface area contributed by atoms with Crippen molar-refractivity contribution in [3.05, 3.63) is 53.5 Å². The van der Waals surface area contributed by atoms with Crippen LogP contribution in [0, 0.1) is 5.92 Å². The van der Waals surface area contributed by atoms with Crippen LogP contribution in [-0.2, 0) is 22.6 Å². The monoisotopic (exact) mass is 356 g/mol. The first-order chi connectivity index (χ1) is 12.5. The summed E-state index contributed by atoms with van der Waals surface area (Å²) < 4.78 is 5.11. The molecular formula is C19H20N2O5. The minimum absolute atomic E-state index is 0.0720. The number of furan rings is 1. The number of carbonyl (C=O) groups is 3. The SMILES string of the molecule is CCc1ccccc1N1C[C@H](C(=O)NCc2ccc(C(=O)O)o2)CC1=O. The van der Waals surface area contributed by atoms with Crippen molar-refractivity contribution in [1.29, 1.82) is 0 Å². The summed E-state index contributed by atoms with van der Waals surface area (Å²) >= 11 is 0. The smallest absolute Gasteiger partial charge is 0.371 e. The van der Waals surface area contributed by atoms with E-state index in [9.17, 15) is 14.4 Å². The Balaban J connectivity index is 1.62. The van der Waals surface area contributed by atoms with Gasteiger partial charge in [-0.3, -0.25) is 9.59 Å². The first-order valence-corrected chi connectivity index (χ1v) is 8.47. The summed E-state index contributed by atoms with van der Waals surface area (Å²) in [6, 6.07) is 10.5. The van der Waals surface area contributed by atoms with Crippen molar-refractivity contribution in [2.75, 3.05) is 11.4 Å². The van der Waals surface area contributed by atoms with E-state index in [0.29, 0.717) is 12.3 Å². The lowest BCUT2D eigenvalue weighted by Gasteiger charge is -2.19. The van der Waals surface area contributed by atoms with Crippen LogP contribution in [0.15, 0.2) is 40.8 Å². The highest BCUT2D eigenvalue weighted by Crippen LogP contribution is 2.28. The quantitative estimate of drug-likeness (QED) is 0.827. The molecule has 1 atom stereocenters. The molecule has 0 unspecified atom stereocenters. The molecule has 2 aromatic rings. The standard InChI is InChI=1S/C19H20N2O5/c1-2-12-5-3-4-6-15(12)21-11-13(9-17(21)22)18(23)20-10-14-7-8-16(26-14)19(24)25/h3-8,13H,2,9-11H2,1H3,(H,20,23)(H,24,25)/t13-/m1/s1. The first-order valence-electron chi connectivity index (χ1n) is 8.47. The van der Waals surface area contributed by atoms with Crippen molar-refractivity contribution < 1.29 is 23.9 Å². The van der Waals surface area contributed by atoms with E-state index in [2.05, 4.69) is 5.32 Å². The van der Waals surface area contributed by atoms with E-state index in [1.165, 1.54) is 12.1 Å². The lowest BCUT2D eigenvalue weighted by molar-refractivity contribution is -0.126. The maximum absolute atomic E-state index is 12.4. The molecule has 7 nitrogen and oxygen atoms in total. The minimum Gasteiger partial charge on any atom is -0.475 e. The number of nitrogens with zero attached hydrogens (tertiary/aromatic N) is 1. The van der Waals surface area contributed by atoms with Gasteiger partial charge < -0.3 is 19.7 Å². The molecule has 1 aliphatic heterocycles. The van der Waals surface area contributed by atoms with Crippen molar-refractivity contribution in [1.82, 2.24) is 5.32 Å². The Bertz CT molecular complexity index is 842. The van der Waals surface area contributed by atoms with E-state index >= 15 is 0 Å². The van der Waals surface area contributed by atoms with Gasteiger partial charge in [0.05, 0.1) is 12.5 Å². The Labute approximate surface area is 150 Å². The van der Waals surface area contributed by atoms with Crippen molar-refractivity contribution in [3.8, 4) is 0 Å². The van der Waals surface area contributed by atoms with Crippen LogP contribution in [-0.4, -0.2) is 29.4 Å². The molecule has 0 bridgehead atoms. The number of hydrogen-bond donors (Lipinski definition) is 2. The third kappa shape index (κ3) is 3.61. The van der Waals surface area contributed by atoms with Gasteiger partial charge in [0.15, 0.2) is 0 Å². The van der Waals surface area contributed by atoms with Crippen molar-refractivity contribution in [2.45, 2.75) is 26.3 Å². The predicted octanol–water partition coefficient (Wildman–Crippen LogP) is 2.21. The summed E-state index contributed by atoms with van der Waals surface area (Å²) in [6.07, 6.45) is 0.962. The van der Waals surface area contributed by atoms with Crippen LogP contribution in [0.5, 0.6) is 0 Å². The third-order valence-corrected chi connectivity index (χ3v) is 4.47. The normalized spacial score (nSPS) is 16.7. The van der Waals surface area contributed by atoms with E-state index in [4.69, 9.17) is 9.52 Å². The Morgan fingerprint density at radius 3 is 2.73 bits per heavy atom. The van der Waals surface area contributed by atoms with Gasteiger partial charge in [-0.15, -0.1) is 0 Å². The zero-order chi connectivity index (χ0) is 18.7. The highest BCUT2D eigenvalue weighted by atomic mass is 16.4. The number of amides is 2. The summed E-state index contributed by atoms with van der Waals surface area (Å²) in [5.74, 6) is -1.74. The molecule has 0 spiro atoms. The van der Waals surface area contributed by atoms with Crippen molar-refractivity contribution in [3.63, 3.8) is 0 Å². The Morgan fingerprint density at radius 1 is 1.27 bits per heavy atom. The Kier molecular flexibility index (Phi) is 5.06. The number of hydrogen-bond acceptors (Lipinski definition) is 4. The zero-order valence-corrected chi connectivity index (χ0v) is 14.4. The third-order valence-electron chi connectivity index (χ3n) is 4.47. The van der Waals surface area contributed by atoms with Crippen LogP contribution >= 0.6 is 0 Å². The van der Waals surface area contributed by atoms with E-state index in [1.54, 1.807) is 4.90 Å². The van der Waals surface area contributed by atoms with Gasteiger partial charge in [0.1, 0.15) is 5.76 Å². The number of nitrogens with one attached hydrogen (secondary N) is 1. The Hall–Kier alpha value is -3.09. The van der Waals surface area contributed by atoms with Gasteiger partial charge in [-0.25, -0.2) is 4.79 Å². The largest absolute Gasteiger partial charge is 0.475 e. The summed E-state index contributed by atoms with van der Waals surface area (Å²) in [6.45, 7) is 2.45. The van der Waals surface area contributed by atoms with Gasteiger partial charge in [0.2, 0.25) is 17.6 Å². The highest BCUT2D eigenvalue weighted by molar-refractivity contribution is 6.00. The molecule has 0 saturated carbocycles. The maximum atomic E-state index is 12.4. The Morgan fingerprint density at radius 2 is 2.04 bits per heavy atom. The second-order valence-electron chi connectivity index (χ2n) is 6.18. The summed E-state index contributed by atoms with van der Waals surface area (Å²) in [7, 11) is 0. The maximum Gasteiger partial charge on any atom is 0.371 e. The van der Waals surface area contributed by atoms with Crippen LogP contribution in [0.3, 0.4) is 0 Å². The molecule has 1 aromatic heterocycles. The van der Waals surface area contributed by atoms with Gasteiger partial charge in [0, 0.05) is 18.7 Å². The number of anilines is 1. The van der Waals surface area contributed by atoms with Crippen molar-refractivity contribution >= 4 is 23.5 Å². The topological polar surface area (TPSA) is 99.8 Å². The second-order valence-corrected chi connectivity index (χ2v) is 6.18. The van der Waals surface area contributed by atoms with Gasteiger partial charge >= 0.3 is 5.97 Å². The summed E-state index contributed by atoms with van der Waals surface area (Å²) in [5.41, 5.74) is 1.92. The molecule has 1 aromatic carbocycles. The average molecular weight is 356 g/mol. The van der Waals surface area contributed by atoms with Gasteiger partial charge in [-0.2, -0.15) is 0 Å². The average Bonchev–Trinajstić information content (AvgIpc) is 3.26. The number of benzene rings is 1. The first kappa shape index (κ1) is 17.7. The van der Waals surface area contributed by atoms with E-state index in [0.717, 1.165) is 17.7 Å². The van der Waals surface area contributed by atoms with E-state index in [-0.39, 0.29) is 30.5 Å². The molecule has 2 N–H and O–H groups in total. The molecule has 1 aliphatic rings. The fourth-order valence-electron chi connectivity index (χ4n) is 3.10. The molecule has 2 amide bonds. The molecule has 3 rings (SSSR count). The fourth-order valence-corrected chi connectivity index (χ4v) is 3.10. The van der Waals surface area contributed by atoms with Gasteiger partial charge in [-0.05, 0) is 30.2 Å². The molecule has 0 radical (unpaired) electrons. The molecule has 1 saturated heterocycles. The number of carboxylic acids is 1. The lowest BCUT2D eigenvalue weighted by Crippen LogP contribution is -2.32. The van der Waals surface area contributed by atoms with Crippen LogP contribution in [0.1, 0.15) is 35.2 Å². The minimum atomic E-state index is -1.16. The number of rotatable bonds is 6. The number of aromatic carboxylic acids is 1. The fraction of sp³-hybridized carbons (Fsp3) is 0.316. The second kappa shape index (κ2) is 7.43. The lowest BCUT2D eigenvalue weighted by atomic mass is 10.1. The molecule has 1 fully saturated rings. The van der Waals surface area contributed by atoms with Gasteiger partial charge in [0.25, 0.3) is 0 Å². The highest BCUT2D eigenvalue weighted by Gasteiger charge is 2.35. The van der Waals surface area contributed by atoms with Crippen LogP contribution in [0.4, 0.5) is 5.69 Å². The molecule has 136 valence electrons. The zero-order valence-electron chi connectivity index (χ0n) is 14.4. The van der Waals surface area contributed by atoms with Gasteiger partial charge in [-0.1, -0.05) is 25.1 Å². The van der Waals surface area contributed by atoms with Crippen molar-refractivity contribution in [2.24, 2.45) is 5.92 Å². The molecule has 0 aliphatic carbocycles. The number of aryl methyl sites for hydroxylation is 1. The predicted molar refractivity (Wildman–Crippen MR) is 93.8 cm³/mol. The van der Waals surface area contributed by atoms with E-state index in [1.807, 2.05) is 31.2 Å². The van der Waals surface area contributed by atoms with Crippen LogP contribution in [0.25, 0.3) is 0 Å². The molecule has 7 heteroatoms. The number of para-hydroxylation sites is 1. The molecular weight excluding hydrogens is 336 g/mol. The van der Waals surface area contributed by atoms with E-state index < -0.39 is 11.9 Å². The molecule has 2 heterocycles. The summed E-state index contributed by atoms with van der Waals surface area (Å²) in [4.78, 5) is 37.2. The summed E-state index contributed by atoms with van der Waals surface area (Å²) in [5, 5.41) is 11.5. The number of carboxylic acid groups (broad SMARTS) is 1. The van der Waals surface area contributed by atoms with Crippen LogP contribution in [0.2, 0.25) is 0 Å². The molecule has 26 heavy (non-hydrogen) atoms. The number of carbonyl (C=O) groups excluding carboxylic acids is 2.